The summed E-state index contributed by atoms with van der Waals surface area (Å²) >= 11 is 3.52. The van der Waals surface area contributed by atoms with E-state index in [-0.39, 0.29) is 12.0 Å². The maximum Gasteiger partial charge on any atom is 0.239 e. The molecule has 1 unspecified atom stereocenters. The van der Waals surface area contributed by atoms with Crippen molar-refractivity contribution in [1.82, 2.24) is 4.90 Å². The molecule has 0 aromatic heterocycles. The fourth-order valence-corrected chi connectivity index (χ4v) is 2.72. The lowest BCUT2D eigenvalue weighted by Crippen LogP contribution is -2.49. The number of halogens is 1. The van der Waals surface area contributed by atoms with Crippen molar-refractivity contribution in [2.45, 2.75) is 25.5 Å². The number of nitrogens with two attached hydrogens (primary N) is 1. The van der Waals surface area contributed by atoms with Crippen LogP contribution >= 0.6 is 15.9 Å². The maximum absolute atomic E-state index is 12.1. The van der Waals surface area contributed by atoms with Crippen LogP contribution < -0.4 is 5.73 Å². The maximum atomic E-state index is 12.1. The Labute approximate surface area is 122 Å². The first-order chi connectivity index (χ1) is 9.13. The third-order valence-electron chi connectivity index (χ3n) is 3.39. The van der Waals surface area contributed by atoms with E-state index in [1.54, 1.807) is 0 Å². The number of benzene rings is 1. The highest BCUT2D eigenvalue weighted by atomic mass is 79.9. The van der Waals surface area contributed by atoms with E-state index in [4.69, 9.17) is 10.5 Å². The minimum Gasteiger partial charge on any atom is -0.370 e. The summed E-state index contributed by atoms with van der Waals surface area (Å²) < 4.78 is 6.78. The highest BCUT2D eigenvalue weighted by Gasteiger charge is 2.28. The summed E-state index contributed by atoms with van der Waals surface area (Å²) in [5.41, 5.74) is 6.89. The van der Waals surface area contributed by atoms with E-state index in [1.807, 2.05) is 36.1 Å². The van der Waals surface area contributed by atoms with E-state index < -0.39 is 6.04 Å². The predicted octanol–water partition coefficient (Wildman–Crippen LogP) is 2.09. The Morgan fingerprint density at radius 1 is 1.58 bits per heavy atom. The van der Waals surface area contributed by atoms with Gasteiger partial charge in [0.2, 0.25) is 5.91 Å². The third kappa shape index (κ3) is 3.35. The Balaban J connectivity index is 2.09. The molecular formula is C14H19BrN2O2. The van der Waals surface area contributed by atoms with E-state index in [0.29, 0.717) is 26.1 Å². The van der Waals surface area contributed by atoms with Crippen LogP contribution in [0, 0.1) is 0 Å². The van der Waals surface area contributed by atoms with Gasteiger partial charge in [-0.15, -0.1) is 0 Å². The molecule has 5 heteroatoms. The lowest BCUT2D eigenvalue weighted by Gasteiger charge is -2.34. The van der Waals surface area contributed by atoms with Crippen molar-refractivity contribution in [3.8, 4) is 0 Å². The smallest absolute Gasteiger partial charge is 0.239 e. The summed E-state index contributed by atoms with van der Waals surface area (Å²) in [7, 11) is 0. The van der Waals surface area contributed by atoms with Gasteiger partial charge in [-0.3, -0.25) is 4.79 Å². The van der Waals surface area contributed by atoms with E-state index >= 15 is 0 Å². The van der Waals surface area contributed by atoms with Crippen LogP contribution in [-0.4, -0.2) is 36.5 Å². The predicted molar refractivity (Wildman–Crippen MR) is 77.7 cm³/mol. The Bertz CT molecular complexity index is 453. The minimum atomic E-state index is -0.405. The zero-order chi connectivity index (χ0) is 13.8. The highest BCUT2D eigenvalue weighted by Crippen LogP contribution is 2.28. The molecule has 0 radical (unpaired) electrons. The fraction of sp³-hybridized carbons (Fsp3) is 0.500. The Morgan fingerprint density at radius 2 is 2.32 bits per heavy atom. The van der Waals surface area contributed by atoms with Crippen LogP contribution in [0.4, 0.5) is 0 Å². The molecule has 0 bridgehead atoms. The molecule has 19 heavy (non-hydrogen) atoms. The van der Waals surface area contributed by atoms with Gasteiger partial charge in [0.25, 0.3) is 0 Å². The van der Waals surface area contributed by atoms with Crippen molar-refractivity contribution in [2.24, 2.45) is 5.73 Å². The van der Waals surface area contributed by atoms with Gasteiger partial charge in [-0.05, 0) is 18.1 Å². The Kier molecular flexibility index (Phi) is 4.96. The van der Waals surface area contributed by atoms with Crippen LogP contribution in [0.2, 0.25) is 0 Å². The summed E-state index contributed by atoms with van der Waals surface area (Å²) in [6.07, 6.45) is 0.577. The van der Waals surface area contributed by atoms with Gasteiger partial charge in [-0.25, -0.2) is 0 Å². The lowest BCUT2D eigenvalue weighted by molar-refractivity contribution is -0.140. The lowest BCUT2D eigenvalue weighted by atomic mass is 10.1. The second-order valence-corrected chi connectivity index (χ2v) is 5.53. The van der Waals surface area contributed by atoms with E-state index in [1.165, 1.54) is 0 Å². The van der Waals surface area contributed by atoms with Crippen LogP contribution in [-0.2, 0) is 9.53 Å². The summed E-state index contributed by atoms with van der Waals surface area (Å²) in [5.74, 6) is 0.0165. The molecule has 1 aliphatic rings. The molecule has 1 aromatic carbocycles. The molecule has 0 aliphatic carbocycles. The summed E-state index contributed by atoms with van der Waals surface area (Å²) in [6, 6.07) is 7.53. The average Bonchev–Trinajstić information content (AvgIpc) is 2.46. The van der Waals surface area contributed by atoms with Crippen molar-refractivity contribution in [1.29, 1.82) is 0 Å². The molecule has 4 nitrogen and oxygen atoms in total. The molecule has 1 saturated heterocycles. The third-order valence-corrected chi connectivity index (χ3v) is 4.11. The highest BCUT2D eigenvalue weighted by molar-refractivity contribution is 9.10. The van der Waals surface area contributed by atoms with Crippen molar-refractivity contribution in [3.05, 3.63) is 34.3 Å². The second-order valence-electron chi connectivity index (χ2n) is 4.68. The normalized spacial score (nSPS) is 21.2. The number of rotatable bonds is 3. The first-order valence-electron chi connectivity index (χ1n) is 6.54. The van der Waals surface area contributed by atoms with E-state index in [2.05, 4.69) is 15.9 Å². The summed E-state index contributed by atoms with van der Waals surface area (Å²) in [6.45, 7) is 3.66. The van der Waals surface area contributed by atoms with Crippen molar-refractivity contribution in [2.75, 3.05) is 19.7 Å². The van der Waals surface area contributed by atoms with E-state index in [9.17, 15) is 4.79 Å². The minimum absolute atomic E-state index is 0.0165. The monoisotopic (exact) mass is 326 g/mol. The molecule has 1 aliphatic heterocycles. The Hall–Kier alpha value is -0.910. The van der Waals surface area contributed by atoms with Gasteiger partial charge in [0.05, 0.1) is 19.2 Å². The summed E-state index contributed by atoms with van der Waals surface area (Å²) in [4.78, 5) is 13.9. The van der Waals surface area contributed by atoms with Crippen molar-refractivity contribution >= 4 is 21.8 Å². The zero-order valence-corrected chi connectivity index (χ0v) is 12.6. The van der Waals surface area contributed by atoms with Crippen LogP contribution in [0.25, 0.3) is 0 Å². The molecule has 104 valence electrons. The van der Waals surface area contributed by atoms with Crippen LogP contribution in [0.3, 0.4) is 0 Å². The van der Waals surface area contributed by atoms with Crippen LogP contribution in [0.15, 0.2) is 28.7 Å². The molecular weight excluding hydrogens is 308 g/mol. The Morgan fingerprint density at radius 3 is 3.00 bits per heavy atom. The van der Waals surface area contributed by atoms with Gasteiger partial charge >= 0.3 is 0 Å². The molecule has 1 amide bonds. The number of nitrogens with zero attached hydrogens (tertiary/aromatic N) is 1. The molecule has 2 rings (SSSR count). The van der Waals surface area contributed by atoms with Gasteiger partial charge in [0.15, 0.2) is 0 Å². The molecule has 2 atom stereocenters. The zero-order valence-electron chi connectivity index (χ0n) is 11.0. The molecule has 1 aromatic rings. The number of carbonyl (C=O) groups is 1. The first kappa shape index (κ1) is 14.5. The summed E-state index contributed by atoms with van der Waals surface area (Å²) in [5, 5.41) is 0. The van der Waals surface area contributed by atoms with Gasteiger partial charge in [-0.1, -0.05) is 41.1 Å². The number of carbonyl (C=O) groups excluding carboxylic acids is 1. The number of amides is 1. The first-order valence-corrected chi connectivity index (χ1v) is 7.33. The molecule has 0 saturated carbocycles. The number of morpholine rings is 1. The van der Waals surface area contributed by atoms with Gasteiger partial charge in [-0.2, -0.15) is 0 Å². The number of hydrogen-bond donors (Lipinski definition) is 1. The van der Waals surface area contributed by atoms with Gasteiger partial charge < -0.3 is 15.4 Å². The quantitative estimate of drug-likeness (QED) is 0.925. The van der Waals surface area contributed by atoms with Crippen molar-refractivity contribution < 1.29 is 9.53 Å². The molecule has 0 spiro atoms. The van der Waals surface area contributed by atoms with Crippen LogP contribution in [0.5, 0.6) is 0 Å². The largest absolute Gasteiger partial charge is 0.370 e. The fourth-order valence-electron chi connectivity index (χ4n) is 2.18. The average molecular weight is 327 g/mol. The molecule has 2 N–H and O–H groups in total. The van der Waals surface area contributed by atoms with E-state index in [0.717, 1.165) is 10.0 Å². The van der Waals surface area contributed by atoms with Gasteiger partial charge in [0.1, 0.15) is 6.10 Å². The van der Waals surface area contributed by atoms with Gasteiger partial charge in [0, 0.05) is 11.0 Å². The standard InChI is InChI=1S/C14H19BrN2O2/c1-2-12(16)14(18)17-7-8-19-13(9-17)10-5-3-4-6-11(10)15/h3-6,12-13H,2,7-9,16H2,1H3/t12-,13?/m0/s1. The second kappa shape index (κ2) is 6.50. The topological polar surface area (TPSA) is 55.6 Å². The number of hydrogen-bond acceptors (Lipinski definition) is 3. The van der Waals surface area contributed by atoms with Crippen molar-refractivity contribution in [3.63, 3.8) is 0 Å². The molecule has 1 heterocycles. The molecule has 1 fully saturated rings. The SMILES string of the molecule is CC[C@H](N)C(=O)N1CCOC(c2ccccc2Br)C1. The van der Waals surface area contributed by atoms with Crippen LogP contribution in [0.1, 0.15) is 25.0 Å². The number of ether oxygens (including phenoxy) is 1.